The van der Waals surface area contributed by atoms with Crippen molar-refractivity contribution in [2.24, 2.45) is 10.9 Å². The molecule has 2 atom stereocenters. The molecule has 2 aliphatic heterocycles. The summed E-state index contributed by atoms with van der Waals surface area (Å²) in [4.78, 5) is 11.8. The van der Waals surface area contributed by atoms with E-state index in [1.54, 1.807) is 0 Å². The van der Waals surface area contributed by atoms with Crippen molar-refractivity contribution >= 4 is 29.9 Å². The minimum absolute atomic E-state index is 0. The fraction of sp³-hybridized carbons (Fsp3) is 0.933. The van der Waals surface area contributed by atoms with Crippen molar-refractivity contribution in [3.8, 4) is 0 Å². The van der Waals surface area contributed by atoms with Crippen LogP contribution >= 0.6 is 24.0 Å². The molecular formula is C15H32IN5. The van der Waals surface area contributed by atoms with Gasteiger partial charge < -0.3 is 15.1 Å². The summed E-state index contributed by atoms with van der Waals surface area (Å²) in [6.07, 6.45) is 2.64. The number of likely N-dealkylation sites (tertiary alicyclic amines) is 1. The zero-order chi connectivity index (χ0) is 14.5. The molecule has 0 saturated carbocycles. The molecule has 0 radical (unpaired) electrons. The summed E-state index contributed by atoms with van der Waals surface area (Å²) >= 11 is 0. The number of piperazine rings is 1. The summed E-state index contributed by atoms with van der Waals surface area (Å²) in [5.74, 6) is 1.86. The topological polar surface area (TPSA) is 34.1 Å². The van der Waals surface area contributed by atoms with E-state index in [0.717, 1.165) is 44.6 Å². The van der Waals surface area contributed by atoms with Gasteiger partial charge in [0.05, 0.1) is 0 Å². The van der Waals surface area contributed by atoms with E-state index >= 15 is 0 Å². The molecule has 124 valence electrons. The van der Waals surface area contributed by atoms with Gasteiger partial charge in [-0.1, -0.05) is 6.92 Å². The van der Waals surface area contributed by atoms with Crippen molar-refractivity contribution in [1.29, 1.82) is 0 Å². The third-order valence-corrected chi connectivity index (χ3v) is 4.64. The molecule has 0 aromatic carbocycles. The van der Waals surface area contributed by atoms with E-state index in [9.17, 15) is 0 Å². The molecule has 2 aliphatic rings. The Morgan fingerprint density at radius 3 is 2.62 bits per heavy atom. The summed E-state index contributed by atoms with van der Waals surface area (Å²) < 4.78 is 0. The lowest BCUT2D eigenvalue weighted by Crippen LogP contribution is -2.56. The fourth-order valence-corrected chi connectivity index (χ4v) is 3.25. The van der Waals surface area contributed by atoms with Gasteiger partial charge >= 0.3 is 0 Å². The number of aliphatic imine (C=N–C) groups is 1. The largest absolute Gasteiger partial charge is 0.355 e. The molecule has 2 fully saturated rings. The summed E-state index contributed by atoms with van der Waals surface area (Å²) in [7, 11) is 6.34. The lowest BCUT2D eigenvalue weighted by atomic mass is 10.0. The van der Waals surface area contributed by atoms with Crippen LogP contribution in [0.5, 0.6) is 0 Å². The van der Waals surface area contributed by atoms with Crippen LogP contribution in [0.1, 0.15) is 19.8 Å². The van der Waals surface area contributed by atoms with Gasteiger partial charge in [-0.25, -0.2) is 0 Å². The van der Waals surface area contributed by atoms with Crippen LogP contribution in [0.15, 0.2) is 4.99 Å². The molecule has 6 heteroatoms. The van der Waals surface area contributed by atoms with Crippen LogP contribution in [0, 0.1) is 5.92 Å². The predicted molar refractivity (Wildman–Crippen MR) is 101 cm³/mol. The maximum atomic E-state index is 4.47. The highest BCUT2D eigenvalue weighted by molar-refractivity contribution is 14.0. The maximum Gasteiger partial charge on any atom is 0.193 e. The Morgan fingerprint density at radius 1 is 1.19 bits per heavy atom. The minimum atomic E-state index is 0. The Kier molecular flexibility index (Phi) is 8.26. The molecule has 2 unspecified atom stereocenters. The first-order valence-electron chi connectivity index (χ1n) is 7.94. The number of nitrogens with zero attached hydrogens (tertiary/aromatic N) is 4. The SMILES string of the molecule is CN=C(NCC1CN(C)CCN1C)N1CCCC(C)C1.I. The average Bonchev–Trinajstić information content (AvgIpc) is 2.43. The van der Waals surface area contributed by atoms with Gasteiger partial charge in [0, 0.05) is 52.4 Å². The number of halogens is 1. The second-order valence-corrected chi connectivity index (χ2v) is 6.52. The van der Waals surface area contributed by atoms with Gasteiger partial charge in [-0.3, -0.25) is 9.89 Å². The number of guanidine groups is 1. The van der Waals surface area contributed by atoms with Crippen LogP contribution in [0.3, 0.4) is 0 Å². The van der Waals surface area contributed by atoms with E-state index in [2.05, 4.69) is 46.0 Å². The Bertz CT molecular complexity index is 336. The molecule has 0 bridgehead atoms. The molecule has 0 aromatic rings. The summed E-state index contributed by atoms with van der Waals surface area (Å²) in [5, 5.41) is 3.59. The first-order valence-corrected chi connectivity index (χ1v) is 7.94. The second-order valence-electron chi connectivity index (χ2n) is 6.52. The van der Waals surface area contributed by atoms with Crippen LogP contribution in [-0.4, -0.2) is 87.1 Å². The highest BCUT2D eigenvalue weighted by Crippen LogP contribution is 2.15. The predicted octanol–water partition coefficient (Wildman–Crippen LogP) is 1.16. The number of hydrogen-bond donors (Lipinski definition) is 1. The number of hydrogen-bond acceptors (Lipinski definition) is 3. The molecule has 2 heterocycles. The highest BCUT2D eigenvalue weighted by atomic mass is 127. The standard InChI is InChI=1S/C15H31N5.HI/c1-13-6-5-7-20(11-13)15(16-2)17-10-14-12-18(3)8-9-19(14)4;/h13-14H,5-12H2,1-4H3,(H,16,17);1H. The zero-order valence-electron chi connectivity index (χ0n) is 14.0. The Morgan fingerprint density at radius 2 is 1.95 bits per heavy atom. The highest BCUT2D eigenvalue weighted by Gasteiger charge is 2.24. The first-order chi connectivity index (χ1) is 9.60. The maximum absolute atomic E-state index is 4.47. The second kappa shape index (κ2) is 9.15. The molecule has 1 N–H and O–H groups in total. The molecule has 0 amide bonds. The lowest BCUT2D eigenvalue weighted by molar-refractivity contribution is 0.115. The third-order valence-electron chi connectivity index (χ3n) is 4.64. The zero-order valence-corrected chi connectivity index (χ0v) is 16.3. The van der Waals surface area contributed by atoms with Gasteiger partial charge in [0.1, 0.15) is 0 Å². The van der Waals surface area contributed by atoms with Crippen molar-refractivity contribution in [1.82, 2.24) is 20.0 Å². The van der Waals surface area contributed by atoms with Crippen molar-refractivity contribution in [3.63, 3.8) is 0 Å². The molecule has 5 nitrogen and oxygen atoms in total. The van der Waals surface area contributed by atoms with Crippen molar-refractivity contribution in [2.45, 2.75) is 25.8 Å². The minimum Gasteiger partial charge on any atom is -0.355 e. The Labute approximate surface area is 147 Å². The fourth-order valence-electron chi connectivity index (χ4n) is 3.25. The van der Waals surface area contributed by atoms with E-state index < -0.39 is 0 Å². The molecule has 2 rings (SSSR count). The van der Waals surface area contributed by atoms with Gasteiger partial charge in [0.15, 0.2) is 5.96 Å². The Balaban J connectivity index is 0.00000220. The monoisotopic (exact) mass is 409 g/mol. The van der Waals surface area contributed by atoms with Gasteiger partial charge in [-0.2, -0.15) is 0 Å². The number of nitrogens with one attached hydrogen (secondary N) is 1. The van der Waals surface area contributed by atoms with Crippen LogP contribution in [0.4, 0.5) is 0 Å². The van der Waals surface area contributed by atoms with E-state index in [4.69, 9.17) is 0 Å². The third kappa shape index (κ3) is 5.56. The van der Waals surface area contributed by atoms with Gasteiger partial charge in [-0.05, 0) is 32.9 Å². The molecular weight excluding hydrogens is 377 g/mol. The quantitative estimate of drug-likeness (QED) is 0.422. The van der Waals surface area contributed by atoms with Crippen LogP contribution < -0.4 is 5.32 Å². The van der Waals surface area contributed by atoms with Crippen LogP contribution in [-0.2, 0) is 0 Å². The lowest BCUT2D eigenvalue weighted by Gasteiger charge is -2.39. The number of rotatable bonds is 2. The smallest absolute Gasteiger partial charge is 0.193 e. The summed E-state index contributed by atoms with van der Waals surface area (Å²) in [6, 6.07) is 0.577. The molecule has 21 heavy (non-hydrogen) atoms. The molecule has 0 spiro atoms. The molecule has 0 aliphatic carbocycles. The summed E-state index contributed by atoms with van der Waals surface area (Å²) in [6.45, 7) is 9.07. The van der Waals surface area contributed by atoms with E-state index in [0.29, 0.717) is 6.04 Å². The summed E-state index contributed by atoms with van der Waals surface area (Å²) in [5.41, 5.74) is 0. The van der Waals surface area contributed by atoms with Crippen LogP contribution in [0.2, 0.25) is 0 Å². The normalized spacial score (nSPS) is 29.1. The molecule has 0 aromatic heterocycles. The van der Waals surface area contributed by atoms with E-state index in [1.165, 1.54) is 19.4 Å². The Hall–Kier alpha value is -0.0800. The van der Waals surface area contributed by atoms with Crippen molar-refractivity contribution in [3.05, 3.63) is 0 Å². The molecule has 2 saturated heterocycles. The van der Waals surface area contributed by atoms with Crippen molar-refractivity contribution in [2.75, 3.05) is 60.4 Å². The number of piperidine rings is 1. The number of likely N-dealkylation sites (N-methyl/N-ethyl adjacent to an activating group) is 2. The first kappa shape index (κ1) is 19.0. The van der Waals surface area contributed by atoms with Crippen molar-refractivity contribution < 1.29 is 0 Å². The van der Waals surface area contributed by atoms with Gasteiger partial charge in [0.25, 0.3) is 0 Å². The van der Waals surface area contributed by atoms with E-state index in [1.807, 2.05) is 7.05 Å². The van der Waals surface area contributed by atoms with E-state index in [-0.39, 0.29) is 24.0 Å². The average molecular weight is 409 g/mol. The van der Waals surface area contributed by atoms with Gasteiger partial charge in [-0.15, -0.1) is 24.0 Å². The van der Waals surface area contributed by atoms with Crippen LogP contribution in [0.25, 0.3) is 0 Å². The van der Waals surface area contributed by atoms with Gasteiger partial charge in [0.2, 0.25) is 0 Å².